The molecule has 5 rings (SSSR count). The molecule has 0 aliphatic heterocycles. The average Bonchev–Trinajstić information content (AvgIpc) is 3.32. The van der Waals surface area contributed by atoms with Crippen molar-refractivity contribution in [3.63, 3.8) is 0 Å². The summed E-state index contributed by atoms with van der Waals surface area (Å²) >= 11 is 0. The lowest BCUT2D eigenvalue weighted by atomic mass is 10.1. The van der Waals surface area contributed by atoms with E-state index in [0.717, 1.165) is 18.7 Å². The van der Waals surface area contributed by atoms with E-state index in [4.69, 9.17) is 4.74 Å². The molecule has 0 unspecified atom stereocenters. The van der Waals surface area contributed by atoms with Crippen LogP contribution in [0, 0.1) is 12.7 Å². The fourth-order valence-electron chi connectivity index (χ4n) is 3.51. The first kappa shape index (κ1) is 19.2. The van der Waals surface area contributed by atoms with E-state index in [0.29, 0.717) is 46.4 Å². The molecule has 4 aromatic rings. The quantitative estimate of drug-likeness (QED) is 0.490. The normalized spacial score (nSPS) is 13.5. The van der Waals surface area contributed by atoms with Gasteiger partial charge in [0.05, 0.1) is 35.6 Å². The number of fused-ring (bicyclic) bond motifs is 1. The van der Waals surface area contributed by atoms with Gasteiger partial charge in [0, 0.05) is 11.6 Å². The van der Waals surface area contributed by atoms with Crippen molar-refractivity contribution in [2.75, 3.05) is 11.9 Å². The molecule has 0 atom stereocenters. The van der Waals surface area contributed by atoms with Gasteiger partial charge in [-0.25, -0.2) is 8.91 Å². The lowest BCUT2D eigenvalue weighted by molar-refractivity contribution is 0.102. The number of aromatic nitrogens is 5. The smallest absolute Gasteiger partial charge is 0.259 e. The SMILES string of the molecule is CCOc1ccc2c(C(=O)Nc3cc(-c4nnc(C5CC5)[nH]4)c(F)cc3C)cnn2c1. The highest BCUT2D eigenvalue weighted by atomic mass is 19.1. The number of anilines is 1. The second kappa shape index (κ2) is 7.50. The summed E-state index contributed by atoms with van der Waals surface area (Å²) < 4.78 is 21.7. The summed E-state index contributed by atoms with van der Waals surface area (Å²) in [5, 5.41) is 15.3. The molecule has 1 aliphatic carbocycles. The van der Waals surface area contributed by atoms with Gasteiger partial charge in [-0.2, -0.15) is 5.10 Å². The van der Waals surface area contributed by atoms with Crippen LogP contribution in [0.25, 0.3) is 16.9 Å². The van der Waals surface area contributed by atoms with Crippen LogP contribution in [-0.2, 0) is 0 Å². The highest BCUT2D eigenvalue weighted by Gasteiger charge is 2.28. The number of carbonyl (C=O) groups is 1. The Morgan fingerprint density at radius 1 is 1.32 bits per heavy atom. The van der Waals surface area contributed by atoms with E-state index in [-0.39, 0.29) is 11.5 Å². The van der Waals surface area contributed by atoms with Gasteiger partial charge in [-0.1, -0.05) is 0 Å². The van der Waals surface area contributed by atoms with Crippen LogP contribution in [0.15, 0.2) is 36.7 Å². The van der Waals surface area contributed by atoms with Gasteiger partial charge < -0.3 is 15.0 Å². The second-order valence-electron chi connectivity index (χ2n) is 7.62. The molecule has 1 aliphatic rings. The first-order valence-electron chi connectivity index (χ1n) is 10.2. The van der Waals surface area contributed by atoms with Crippen molar-refractivity contribution in [2.24, 2.45) is 0 Å². The Hall–Kier alpha value is -3.75. The van der Waals surface area contributed by atoms with Crippen LogP contribution in [-0.4, -0.2) is 37.3 Å². The summed E-state index contributed by atoms with van der Waals surface area (Å²) in [4.78, 5) is 16.1. The Balaban J connectivity index is 1.44. The Morgan fingerprint density at radius 2 is 2.16 bits per heavy atom. The van der Waals surface area contributed by atoms with Gasteiger partial charge in [0.15, 0.2) is 5.82 Å². The largest absolute Gasteiger partial charge is 0.492 e. The summed E-state index contributed by atoms with van der Waals surface area (Å²) in [5.41, 5.74) is 2.42. The van der Waals surface area contributed by atoms with Crippen molar-refractivity contribution in [1.29, 1.82) is 0 Å². The van der Waals surface area contributed by atoms with Crippen LogP contribution in [0.3, 0.4) is 0 Å². The molecule has 8 nitrogen and oxygen atoms in total. The number of H-pyrrole nitrogens is 1. The molecular weight excluding hydrogens is 399 g/mol. The summed E-state index contributed by atoms with van der Waals surface area (Å²) in [7, 11) is 0. The van der Waals surface area contributed by atoms with Crippen molar-refractivity contribution in [1.82, 2.24) is 24.8 Å². The van der Waals surface area contributed by atoms with E-state index < -0.39 is 5.82 Å². The van der Waals surface area contributed by atoms with E-state index in [1.807, 2.05) is 6.92 Å². The van der Waals surface area contributed by atoms with Crippen molar-refractivity contribution in [3.05, 3.63) is 59.4 Å². The molecular formula is C22H21FN6O2. The average molecular weight is 420 g/mol. The number of benzene rings is 1. The molecule has 158 valence electrons. The number of nitrogens with zero attached hydrogens (tertiary/aromatic N) is 4. The first-order valence-corrected chi connectivity index (χ1v) is 10.2. The molecule has 3 aromatic heterocycles. The lowest BCUT2D eigenvalue weighted by Gasteiger charge is -2.10. The Kier molecular flexibility index (Phi) is 4.65. The summed E-state index contributed by atoms with van der Waals surface area (Å²) in [5.74, 6) is 1.42. The molecule has 1 fully saturated rings. The van der Waals surface area contributed by atoms with Crippen LogP contribution < -0.4 is 10.1 Å². The number of rotatable bonds is 6. The zero-order valence-electron chi connectivity index (χ0n) is 17.1. The minimum absolute atomic E-state index is 0.265. The third-order valence-corrected chi connectivity index (χ3v) is 5.33. The van der Waals surface area contributed by atoms with E-state index in [1.54, 1.807) is 35.8 Å². The van der Waals surface area contributed by atoms with E-state index in [9.17, 15) is 9.18 Å². The summed E-state index contributed by atoms with van der Waals surface area (Å²) in [6.07, 6.45) is 5.35. The third kappa shape index (κ3) is 3.63. The minimum atomic E-state index is -0.423. The summed E-state index contributed by atoms with van der Waals surface area (Å²) in [6, 6.07) is 6.54. The Morgan fingerprint density at radius 3 is 2.94 bits per heavy atom. The maximum absolute atomic E-state index is 14.6. The topological polar surface area (TPSA) is 97.2 Å². The lowest BCUT2D eigenvalue weighted by Crippen LogP contribution is -2.13. The van der Waals surface area contributed by atoms with Gasteiger partial charge in [-0.05, 0) is 56.5 Å². The monoisotopic (exact) mass is 420 g/mol. The number of hydrogen-bond acceptors (Lipinski definition) is 5. The molecule has 2 N–H and O–H groups in total. The van der Waals surface area contributed by atoms with E-state index >= 15 is 0 Å². The Bertz CT molecular complexity index is 1290. The summed E-state index contributed by atoms with van der Waals surface area (Å²) in [6.45, 7) is 4.18. The molecule has 1 amide bonds. The number of carbonyl (C=O) groups excluding carboxylic acids is 1. The third-order valence-electron chi connectivity index (χ3n) is 5.33. The molecule has 0 bridgehead atoms. The van der Waals surface area contributed by atoms with E-state index in [2.05, 4.69) is 25.6 Å². The van der Waals surface area contributed by atoms with Gasteiger partial charge >= 0.3 is 0 Å². The molecule has 1 aromatic carbocycles. The van der Waals surface area contributed by atoms with Crippen LogP contribution in [0.4, 0.5) is 10.1 Å². The molecule has 9 heteroatoms. The second-order valence-corrected chi connectivity index (χ2v) is 7.62. The standard InChI is InChI=1S/C22H21FN6O2/c1-3-31-14-6-7-19-16(10-24-29(19)11-14)22(30)25-18-9-15(17(23)8-12(18)2)21-26-20(27-28-21)13-4-5-13/h6-11,13H,3-5H2,1-2H3,(H,25,30)(H,26,27,28). The van der Waals surface area contributed by atoms with Crippen molar-refractivity contribution in [2.45, 2.75) is 32.6 Å². The van der Waals surface area contributed by atoms with Gasteiger partial charge in [-0.3, -0.25) is 4.79 Å². The number of ether oxygens (including phenoxy) is 1. The van der Waals surface area contributed by atoms with Gasteiger partial charge in [0.2, 0.25) is 0 Å². The maximum atomic E-state index is 14.6. The number of pyridine rings is 1. The highest BCUT2D eigenvalue weighted by molar-refractivity contribution is 6.09. The van der Waals surface area contributed by atoms with Crippen molar-refractivity contribution in [3.8, 4) is 17.1 Å². The number of nitrogens with one attached hydrogen (secondary N) is 2. The van der Waals surface area contributed by atoms with Gasteiger partial charge in [-0.15, -0.1) is 10.2 Å². The fraction of sp³-hybridized carbons (Fsp3) is 0.273. The predicted molar refractivity (Wildman–Crippen MR) is 113 cm³/mol. The zero-order chi connectivity index (χ0) is 21.5. The first-order chi connectivity index (χ1) is 15.0. The molecule has 3 heterocycles. The molecule has 31 heavy (non-hydrogen) atoms. The van der Waals surface area contributed by atoms with Gasteiger partial charge in [0.25, 0.3) is 5.91 Å². The van der Waals surface area contributed by atoms with Crippen LogP contribution >= 0.6 is 0 Å². The molecule has 0 saturated heterocycles. The van der Waals surface area contributed by atoms with Crippen LogP contribution in [0.2, 0.25) is 0 Å². The van der Waals surface area contributed by atoms with E-state index in [1.165, 1.54) is 12.3 Å². The van der Waals surface area contributed by atoms with Crippen LogP contribution in [0.5, 0.6) is 5.75 Å². The van der Waals surface area contributed by atoms with Gasteiger partial charge in [0.1, 0.15) is 17.4 Å². The minimum Gasteiger partial charge on any atom is -0.492 e. The number of amides is 1. The van der Waals surface area contributed by atoms with Crippen molar-refractivity contribution < 1.29 is 13.9 Å². The molecule has 0 spiro atoms. The predicted octanol–water partition coefficient (Wildman–Crippen LogP) is 4.10. The van der Waals surface area contributed by atoms with Crippen molar-refractivity contribution >= 4 is 17.1 Å². The number of hydrogen-bond donors (Lipinski definition) is 2. The highest BCUT2D eigenvalue weighted by Crippen LogP contribution is 2.38. The molecule has 1 saturated carbocycles. The van der Waals surface area contributed by atoms with Crippen LogP contribution in [0.1, 0.15) is 47.4 Å². The Labute approximate surface area is 177 Å². The zero-order valence-corrected chi connectivity index (χ0v) is 17.1. The number of aryl methyl sites for hydroxylation is 1. The maximum Gasteiger partial charge on any atom is 0.259 e. The number of halogens is 1. The molecule has 0 radical (unpaired) electrons. The number of aromatic amines is 1. The fourth-order valence-corrected chi connectivity index (χ4v) is 3.51.